The summed E-state index contributed by atoms with van der Waals surface area (Å²) < 4.78 is 0. The van der Waals surface area contributed by atoms with Gasteiger partial charge in [-0.05, 0) is 80.6 Å². The minimum atomic E-state index is -0.0163. The number of hydrogen-bond donors (Lipinski definition) is 0. The van der Waals surface area contributed by atoms with Crippen LogP contribution in [0.15, 0.2) is 11.6 Å². The van der Waals surface area contributed by atoms with E-state index in [1.807, 2.05) is 0 Å². The number of rotatable bonds is 0. The quantitative estimate of drug-likeness (QED) is 0.661. The molecular formula is C21H28O2. The molecule has 6 atom stereocenters. The van der Waals surface area contributed by atoms with Gasteiger partial charge < -0.3 is 0 Å². The molecule has 1 unspecified atom stereocenters. The number of Topliss-reactive ketones (excluding diaryl/α,β-unsaturated/α-hetero) is 1. The van der Waals surface area contributed by atoms with Crippen LogP contribution in [-0.4, -0.2) is 11.6 Å². The fraction of sp³-hybridized carbons (Fsp3) is 0.810. The molecule has 0 aromatic carbocycles. The van der Waals surface area contributed by atoms with Gasteiger partial charge in [-0.15, -0.1) is 0 Å². The van der Waals surface area contributed by atoms with Crippen LogP contribution in [0.1, 0.15) is 71.1 Å². The molecule has 0 aromatic rings. The minimum Gasteiger partial charge on any atom is -0.299 e. The fourth-order valence-electron chi connectivity index (χ4n) is 7.64. The zero-order valence-corrected chi connectivity index (χ0v) is 14.3. The third kappa shape index (κ3) is 1.71. The van der Waals surface area contributed by atoms with Crippen LogP contribution >= 0.6 is 0 Å². The van der Waals surface area contributed by atoms with Crippen molar-refractivity contribution >= 4 is 11.6 Å². The summed E-state index contributed by atoms with van der Waals surface area (Å²) in [4.78, 5) is 24.9. The lowest BCUT2D eigenvalue weighted by Gasteiger charge is -2.60. The highest BCUT2D eigenvalue weighted by atomic mass is 16.1. The van der Waals surface area contributed by atoms with Gasteiger partial charge in [0.15, 0.2) is 5.78 Å². The topological polar surface area (TPSA) is 34.1 Å². The lowest BCUT2D eigenvalue weighted by Crippen LogP contribution is -2.53. The average Bonchev–Trinajstić information content (AvgIpc) is 2.85. The normalized spacial score (nSPS) is 51.6. The van der Waals surface area contributed by atoms with Crippen molar-refractivity contribution in [3.05, 3.63) is 11.6 Å². The second-order valence-electron chi connectivity index (χ2n) is 9.35. The van der Waals surface area contributed by atoms with E-state index in [0.29, 0.717) is 28.8 Å². The zero-order chi connectivity index (χ0) is 15.8. The Labute approximate surface area is 139 Å². The van der Waals surface area contributed by atoms with Crippen LogP contribution in [0, 0.1) is 34.5 Å². The first-order chi connectivity index (χ1) is 11.0. The molecule has 23 heavy (non-hydrogen) atoms. The van der Waals surface area contributed by atoms with Gasteiger partial charge in [-0.2, -0.15) is 0 Å². The highest BCUT2D eigenvalue weighted by Gasteiger charge is 2.61. The summed E-state index contributed by atoms with van der Waals surface area (Å²) in [6, 6.07) is 0. The van der Waals surface area contributed by atoms with E-state index in [1.54, 1.807) is 0 Å². The molecule has 5 rings (SSSR count). The zero-order valence-electron chi connectivity index (χ0n) is 14.3. The molecule has 0 N–H and O–H groups in total. The number of hydrogen-bond acceptors (Lipinski definition) is 2. The number of allylic oxidation sites excluding steroid dienone is 1. The van der Waals surface area contributed by atoms with E-state index in [4.69, 9.17) is 0 Å². The summed E-state index contributed by atoms with van der Waals surface area (Å²) in [5, 5.41) is 0. The summed E-state index contributed by atoms with van der Waals surface area (Å²) in [7, 11) is 0. The van der Waals surface area contributed by atoms with Crippen molar-refractivity contribution in [3.63, 3.8) is 0 Å². The molecule has 5 aliphatic carbocycles. The highest BCUT2D eigenvalue weighted by molar-refractivity contribution is 5.94. The molecule has 0 radical (unpaired) electrons. The molecular weight excluding hydrogens is 284 g/mol. The summed E-state index contributed by atoms with van der Waals surface area (Å²) in [5.41, 5.74) is 1.83. The number of fused-ring (bicyclic) bond motifs is 4. The van der Waals surface area contributed by atoms with Gasteiger partial charge in [-0.1, -0.05) is 18.9 Å². The van der Waals surface area contributed by atoms with E-state index in [1.165, 1.54) is 31.3 Å². The van der Waals surface area contributed by atoms with Crippen molar-refractivity contribution in [3.8, 4) is 0 Å². The molecule has 4 saturated carbocycles. The summed E-state index contributed by atoms with van der Waals surface area (Å²) in [6.45, 7) is 2.26. The van der Waals surface area contributed by atoms with Gasteiger partial charge in [-0.25, -0.2) is 0 Å². The molecule has 2 bridgehead atoms. The van der Waals surface area contributed by atoms with Crippen LogP contribution in [0.25, 0.3) is 0 Å². The molecule has 2 heteroatoms. The number of carbonyl (C=O) groups is 2. The molecule has 5 aliphatic rings. The smallest absolute Gasteiger partial charge is 0.158 e. The van der Waals surface area contributed by atoms with Crippen molar-refractivity contribution < 1.29 is 9.59 Å². The Hall–Kier alpha value is -0.920. The van der Waals surface area contributed by atoms with E-state index in [2.05, 4.69) is 13.0 Å². The maximum atomic E-state index is 12.5. The van der Waals surface area contributed by atoms with Gasteiger partial charge in [0.1, 0.15) is 5.78 Å². The molecule has 0 aromatic heterocycles. The standard InChI is InChI=1S/C21H28O2/c1-20-10-8-17-15(16(20)6-7-19(20)23)5-4-14-11-18(22)13-3-2-9-21(14,17)12-13/h11,13,15-17H,2-10,12H2,1H3/t13?,15-,16-,17-,20-,21-/m0/s1. The molecule has 124 valence electrons. The van der Waals surface area contributed by atoms with E-state index >= 15 is 0 Å². The second kappa shape index (κ2) is 4.58. The van der Waals surface area contributed by atoms with E-state index < -0.39 is 0 Å². The van der Waals surface area contributed by atoms with E-state index in [-0.39, 0.29) is 5.41 Å². The average molecular weight is 312 g/mol. The van der Waals surface area contributed by atoms with Crippen LogP contribution in [0.2, 0.25) is 0 Å². The monoisotopic (exact) mass is 312 g/mol. The van der Waals surface area contributed by atoms with Crippen LogP contribution in [-0.2, 0) is 9.59 Å². The first-order valence-electron chi connectivity index (χ1n) is 9.83. The minimum absolute atomic E-state index is 0.0163. The Bertz CT molecular complexity index is 617. The van der Waals surface area contributed by atoms with Crippen LogP contribution in [0.5, 0.6) is 0 Å². The van der Waals surface area contributed by atoms with Gasteiger partial charge >= 0.3 is 0 Å². The number of ketones is 2. The first kappa shape index (κ1) is 14.4. The van der Waals surface area contributed by atoms with Crippen molar-refractivity contribution in [1.82, 2.24) is 0 Å². The van der Waals surface area contributed by atoms with Crippen LogP contribution in [0.4, 0.5) is 0 Å². The molecule has 0 heterocycles. The fourth-order valence-corrected chi connectivity index (χ4v) is 7.64. The summed E-state index contributed by atoms with van der Waals surface area (Å²) in [5.74, 6) is 3.39. The van der Waals surface area contributed by atoms with Crippen molar-refractivity contribution in [2.75, 3.05) is 0 Å². The maximum absolute atomic E-state index is 12.5. The Morgan fingerprint density at radius 3 is 2.74 bits per heavy atom. The van der Waals surface area contributed by atoms with Gasteiger partial charge in [0.05, 0.1) is 0 Å². The van der Waals surface area contributed by atoms with E-state index in [9.17, 15) is 9.59 Å². The lowest BCUT2D eigenvalue weighted by molar-refractivity contribution is -0.135. The Morgan fingerprint density at radius 2 is 1.87 bits per heavy atom. The van der Waals surface area contributed by atoms with Crippen molar-refractivity contribution in [2.24, 2.45) is 34.5 Å². The molecule has 0 aliphatic heterocycles. The second-order valence-corrected chi connectivity index (χ2v) is 9.35. The highest BCUT2D eigenvalue weighted by Crippen LogP contribution is 2.67. The van der Waals surface area contributed by atoms with E-state index in [0.717, 1.165) is 50.4 Å². The van der Waals surface area contributed by atoms with Crippen LogP contribution < -0.4 is 0 Å². The molecule has 1 spiro atoms. The predicted molar refractivity (Wildman–Crippen MR) is 88.8 cm³/mol. The third-order valence-electron chi connectivity index (χ3n) is 8.75. The molecule has 0 saturated heterocycles. The Balaban J connectivity index is 1.56. The van der Waals surface area contributed by atoms with Gasteiger partial charge in [0.2, 0.25) is 0 Å². The van der Waals surface area contributed by atoms with Crippen molar-refractivity contribution in [1.29, 1.82) is 0 Å². The third-order valence-corrected chi connectivity index (χ3v) is 8.75. The maximum Gasteiger partial charge on any atom is 0.158 e. The Kier molecular flexibility index (Phi) is 2.87. The predicted octanol–water partition coefficient (Wildman–Crippen LogP) is 4.48. The molecule has 4 fully saturated rings. The first-order valence-corrected chi connectivity index (χ1v) is 9.83. The molecule has 2 nitrogen and oxygen atoms in total. The Morgan fingerprint density at radius 1 is 1.00 bits per heavy atom. The van der Waals surface area contributed by atoms with Gasteiger partial charge in [0.25, 0.3) is 0 Å². The number of carbonyl (C=O) groups excluding carboxylic acids is 2. The SMILES string of the molecule is C[C@]12CC[C@H]3[C@@H](CCC4=CC(=O)C5CCC[C@]43C5)[C@@H]1CCC2=O. The van der Waals surface area contributed by atoms with Gasteiger partial charge in [0, 0.05) is 17.8 Å². The van der Waals surface area contributed by atoms with Gasteiger partial charge in [-0.3, -0.25) is 9.59 Å². The molecule has 0 amide bonds. The summed E-state index contributed by atoms with van der Waals surface area (Å²) in [6.07, 6.45) is 13.5. The van der Waals surface area contributed by atoms with Crippen LogP contribution in [0.3, 0.4) is 0 Å². The lowest BCUT2D eigenvalue weighted by atomic mass is 9.44. The largest absolute Gasteiger partial charge is 0.299 e. The summed E-state index contributed by atoms with van der Waals surface area (Å²) >= 11 is 0. The van der Waals surface area contributed by atoms with Crippen molar-refractivity contribution in [2.45, 2.75) is 71.1 Å².